The summed E-state index contributed by atoms with van der Waals surface area (Å²) < 4.78 is 1.83. The van der Waals surface area contributed by atoms with Crippen molar-refractivity contribution < 1.29 is 4.79 Å². The van der Waals surface area contributed by atoms with Gasteiger partial charge >= 0.3 is 0 Å². The highest BCUT2D eigenvalue weighted by atomic mass is 79.9. The van der Waals surface area contributed by atoms with Crippen molar-refractivity contribution in [2.75, 3.05) is 0 Å². The first kappa shape index (κ1) is 15.5. The van der Waals surface area contributed by atoms with E-state index in [1.807, 2.05) is 18.2 Å². The van der Waals surface area contributed by atoms with E-state index < -0.39 is 0 Å². The molecule has 2 bridgehead atoms. The molecule has 2 saturated carbocycles. The van der Waals surface area contributed by atoms with E-state index in [2.05, 4.69) is 57.9 Å². The van der Waals surface area contributed by atoms with Crippen molar-refractivity contribution >= 4 is 37.8 Å². The summed E-state index contributed by atoms with van der Waals surface area (Å²) in [6, 6.07) is 5.96. The highest BCUT2D eigenvalue weighted by molar-refractivity contribution is 9.11. The van der Waals surface area contributed by atoms with Crippen LogP contribution in [0.15, 0.2) is 27.1 Å². The second kappa shape index (κ2) is 5.09. The van der Waals surface area contributed by atoms with E-state index in [0.717, 1.165) is 14.9 Å². The average molecular weight is 415 g/mol. The Morgan fingerprint density at radius 2 is 1.81 bits per heavy atom. The summed E-state index contributed by atoms with van der Waals surface area (Å²) in [7, 11) is 0. The number of halogens is 2. The Hall–Kier alpha value is -0.350. The van der Waals surface area contributed by atoms with E-state index in [1.54, 1.807) is 0 Å². The number of carbonyl (C=O) groups is 1. The van der Waals surface area contributed by atoms with Gasteiger partial charge in [-0.1, -0.05) is 52.6 Å². The molecule has 1 amide bonds. The quantitative estimate of drug-likeness (QED) is 0.711. The molecule has 2 aliphatic rings. The summed E-state index contributed by atoms with van der Waals surface area (Å²) in [4.78, 5) is 12.7. The van der Waals surface area contributed by atoms with Gasteiger partial charge in [0.15, 0.2) is 0 Å². The number of amides is 1. The molecule has 2 aliphatic carbocycles. The molecule has 4 heteroatoms. The van der Waals surface area contributed by atoms with Crippen LogP contribution < -0.4 is 5.32 Å². The summed E-state index contributed by atoms with van der Waals surface area (Å²) in [5.74, 6) is 0.769. The molecular weight excluding hydrogens is 394 g/mol. The lowest BCUT2D eigenvalue weighted by Crippen LogP contribution is -2.52. The molecule has 3 atom stereocenters. The largest absolute Gasteiger partial charge is 0.348 e. The third kappa shape index (κ3) is 2.59. The number of hydrogen-bond donors (Lipinski definition) is 1. The molecule has 0 radical (unpaired) electrons. The van der Waals surface area contributed by atoms with Gasteiger partial charge in [-0.15, -0.1) is 0 Å². The highest BCUT2D eigenvalue weighted by Gasteiger charge is 2.59. The van der Waals surface area contributed by atoms with Crippen molar-refractivity contribution in [2.24, 2.45) is 16.7 Å². The SMILES string of the molecule is CC12CCC(C1)C(C)(C)C2NC(=O)c1cc(Br)cc(Br)c1. The maximum atomic E-state index is 12.7. The van der Waals surface area contributed by atoms with Gasteiger partial charge < -0.3 is 5.32 Å². The van der Waals surface area contributed by atoms with Crippen LogP contribution in [-0.2, 0) is 0 Å². The lowest BCUT2D eigenvalue weighted by Gasteiger charge is -2.43. The minimum absolute atomic E-state index is 0.0313. The second-order valence-electron chi connectivity index (χ2n) is 7.48. The molecule has 0 spiro atoms. The molecule has 114 valence electrons. The fraction of sp³-hybridized carbons (Fsp3) is 0.588. The van der Waals surface area contributed by atoms with Gasteiger partial charge in [-0.25, -0.2) is 0 Å². The minimum atomic E-state index is 0.0313. The Morgan fingerprint density at radius 3 is 2.33 bits per heavy atom. The molecule has 1 N–H and O–H groups in total. The number of fused-ring (bicyclic) bond motifs is 2. The first-order valence-electron chi connectivity index (χ1n) is 7.49. The molecule has 3 rings (SSSR count). The molecule has 21 heavy (non-hydrogen) atoms. The Bertz CT molecular complexity index is 573. The fourth-order valence-electron chi connectivity index (χ4n) is 4.56. The van der Waals surface area contributed by atoms with Gasteiger partial charge in [0.25, 0.3) is 5.91 Å². The topological polar surface area (TPSA) is 29.1 Å². The zero-order chi connectivity index (χ0) is 15.4. The number of carbonyl (C=O) groups excluding carboxylic acids is 1. The lowest BCUT2D eigenvalue weighted by atomic mass is 9.68. The monoisotopic (exact) mass is 413 g/mol. The molecule has 1 aromatic carbocycles. The fourth-order valence-corrected chi connectivity index (χ4v) is 5.86. The molecule has 0 saturated heterocycles. The minimum Gasteiger partial charge on any atom is -0.348 e. The normalized spacial score (nSPS) is 33.2. The highest BCUT2D eigenvalue weighted by Crippen LogP contribution is 2.62. The maximum absolute atomic E-state index is 12.7. The predicted octanol–water partition coefficient (Wildman–Crippen LogP) is 5.16. The Morgan fingerprint density at radius 1 is 1.19 bits per heavy atom. The van der Waals surface area contributed by atoms with Crippen LogP contribution in [-0.4, -0.2) is 11.9 Å². The van der Waals surface area contributed by atoms with Crippen molar-refractivity contribution in [1.82, 2.24) is 5.32 Å². The van der Waals surface area contributed by atoms with E-state index in [9.17, 15) is 4.79 Å². The van der Waals surface area contributed by atoms with Crippen LogP contribution >= 0.6 is 31.9 Å². The van der Waals surface area contributed by atoms with Gasteiger partial charge in [0.05, 0.1) is 0 Å². The third-order valence-corrected chi connectivity index (χ3v) is 6.59. The predicted molar refractivity (Wildman–Crippen MR) is 92.3 cm³/mol. The van der Waals surface area contributed by atoms with E-state index in [4.69, 9.17) is 0 Å². The molecule has 0 aliphatic heterocycles. The van der Waals surface area contributed by atoms with Crippen LogP contribution in [0.4, 0.5) is 0 Å². The van der Waals surface area contributed by atoms with Gasteiger partial charge in [0.2, 0.25) is 0 Å². The summed E-state index contributed by atoms with van der Waals surface area (Å²) in [5.41, 5.74) is 1.15. The van der Waals surface area contributed by atoms with Crippen LogP contribution in [0.3, 0.4) is 0 Å². The van der Waals surface area contributed by atoms with Gasteiger partial charge in [-0.05, 0) is 54.2 Å². The van der Waals surface area contributed by atoms with Gasteiger partial charge in [-0.2, -0.15) is 0 Å². The smallest absolute Gasteiger partial charge is 0.251 e. The molecular formula is C17H21Br2NO. The lowest BCUT2D eigenvalue weighted by molar-refractivity contribution is 0.0737. The van der Waals surface area contributed by atoms with Gasteiger partial charge in [0, 0.05) is 20.6 Å². The Kier molecular flexibility index (Phi) is 3.77. The summed E-state index contributed by atoms with van der Waals surface area (Å²) in [6.07, 6.45) is 3.78. The number of benzene rings is 1. The van der Waals surface area contributed by atoms with Crippen molar-refractivity contribution in [2.45, 2.75) is 46.1 Å². The van der Waals surface area contributed by atoms with Crippen LogP contribution in [0.1, 0.15) is 50.4 Å². The van der Waals surface area contributed by atoms with E-state index in [1.165, 1.54) is 19.3 Å². The van der Waals surface area contributed by atoms with Crippen molar-refractivity contribution in [3.63, 3.8) is 0 Å². The molecule has 2 nitrogen and oxygen atoms in total. The zero-order valence-corrected chi connectivity index (χ0v) is 15.8. The van der Waals surface area contributed by atoms with Crippen LogP contribution in [0.5, 0.6) is 0 Å². The zero-order valence-electron chi connectivity index (χ0n) is 12.7. The van der Waals surface area contributed by atoms with Crippen molar-refractivity contribution in [1.29, 1.82) is 0 Å². The molecule has 0 heterocycles. The Balaban J connectivity index is 1.84. The maximum Gasteiger partial charge on any atom is 0.251 e. The molecule has 1 aromatic rings. The average Bonchev–Trinajstić information content (AvgIpc) is 2.84. The number of rotatable bonds is 2. The molecule has 0 aromatic heterocycles. The summed E-state index contributed by atoms with van der Waals surface area (Å²) in [6.45, 7) is 6.96. The van der Waals surface area contributed by atoms with Crippen LogP contribution in [0.25, 0.3) is 0 Å². The standard InChI is InChI=1S/C17H21Br2NO/c1-16(2)11-4-5-17(3,9-11)15(16)20-14(21)10-6-12(18)8-13(19)7-10/h6-8,11,15H,4-5,9H2,1-3H3,(H,20,21). The number of nitrogens with one attached hydrogen (secondary N) is 1. The first-order valence-corrected chi connectivity index (χ1v) is 9.08. The van der Waals surface area contributed by atoms with E-state index in [-0.39, 0.29) is 22.8 Å². The Labute approximate surface area is 143 Å². The number of hydrogen-bond acceptors (Lipinski definition) is 1. The molecule has 2 fully saturated rings. The van der Waals surface area contributed by atoms with Gasteiger partial charge in [0.1, 0.15) is 0 Å². The second-order valence-corrected chi connectivity index (χ2v) is 9.31. The van der Waals surface area contributed by atoms with E-state index >= 15 is 0 Å². The van der Waals surface area contributed by atoms with Crippen molar-refractivity contribution in [3.05, 3.63) is 32.7 Å². The molecule has 3 unspecified atom stereocenters. The third-order valence-electron chi connectivity index (χ3n) is 5.67. The van der Waals surface area contributed by atoms with Crippen molar-refractivity contribution in [3.8, 4) is 0 Å². The van der Waals surface area contributed by atoms with Crippen LogP contribution in [0.2, 0.25) is 0 Å². The van der Waals surface area contributed by atoms with E-state index in [0.29, 0.717) is 5.56 Å². The summed E-state index contributed by atoms with van der Waals surface area (Å²) >= 11 is 6.90. The first-order chi connectivity index (χ1) is 9.72. The summed E-state index contributed by atoms with van der Waals surface area (Å²) in [5, 5.41) is 3.33. The van der Waals surface area contributed by atoms with Crippen LogP contribution in [0, 0.1) is 16.7 Å². The van der Waals surface area contributed by atoms with Gasteiger partial charge in [-0.3, -0.25) is 4.79 Å².